The molecule has 2 aromatic carbocycles. The summed E-state index contributed by atoms with van der Waals surface area (Å²) in [6, 6.07) is 20.7. The fourth-order valence-electron chi connectivity index (χ4n) is 2.16. The lowest BCUT2D eigenvalue weighted by molar-refractivity contribution is 0.0479. The van der Waals surface area contributed by atoms with E-state index in [4.69, 9.17) is 4.74 Å². The van der Waals surface area contributed by atoms with Crippen LogP contribution in [0.3, 0.4) is 0 Å². The van der Waals surface area contributed by atoms with Crippen molar-refractivity contribution in [2.75, 3.05) is 6.61 Å². The molecule has 0 unspecified atom stereocenters. The number of rotatable bonds is 5. The number of hydrogen-bond acceptors (Lipinski definition) is 4. The molecule has 3 nitrogen and oxygen atoms in total. The molecule has 4 heteroatoms. The second-order valence-electron chi connectivity index (χ2n) is 4.92. The molecule has 0 atom stereocenters. The van der Waals surface area contributed by atoms with E-state index in [2.05, 4.69) is 0 Å². The molecule has 1 aromatic heterocycles. The fourth-order valence-corrected chi connectivity index (χ4v) is 2.78. The molecule has 23 heavy (non-hydrogen) atoms. The molecular formula is C19H14O3S. The van der Waals surface area contributed by atoms with Crippen molar-refractivity contribution in [3.05, 3.63) is 82.6 Å². The Bertz CT molecular complexity index is 790. The Kier molecular flexibility index (Phi) is 4.64. The summed E-state index contributed by atoms with van der Waals surface area (Å²) in [5.74, 6) is -0.677. The Morgan fingerprint density at radius 3 is 2.17 bits per heavy atom. The van der Waals surface area contributed by atoms with Crippen LogP contribution in [0.25, 0.3) is 11.1 Å². The number of ketones is 1. The summed E-state index contributed by atoms with van der Waals surface area (Å²) in [6.45, 7) is -0.249. The number of thiophene rings is 1. The standard InChI is InChI=1S/C19H14O3S/c20-17(13-22-19(21)18-7-4-12-23-18)16-10-8-15(9-11-16)14-5-2-1-3-6-14/h1-12H,13H2. The largest absolute Gasteiger partial charge is 0.453 e. The van der Waals surface area contributed by atoms with Crippen LogP contribution < -0.4 is 0 Å². The summed E-state index contributed by atoms with van der Waals surface area (Å²) < 4.78 is 5.04. The van der Waals surface area contributed by atoms with Crippen molar-refractivity contribution >= 4 is 23.1 Å². The number of Topliss-reactive ketones (excluding diaryl/α,β-unsaturated/α-hetero) is 1. The van der Waals surface area contributed by atoms with Gasteiger partial charge in [-0.2, -0.15) is 0 Å². The molecule has 114 valence electrons. The van der Waals surface area contributed by atoms with Gasteiger partial charge in [0.05, 0.1) is 0 Å². The van der Waals surface area contributed by atoms with Gasteiger partial charge in [0, 0.05) is 5.56 Å². The monoisotopic (exact) mass is 322 g/mol. The molecule has 0 bridgehead atoms. The van der Waals surface area contributed by atoms with Crippen LogP contribution in [0.5, 0.6) is 0 Å². The number of carbonyl (C=O) groups excluding carboxylic acids is 2. The van der Waals surface area contributed by atoms with Crippen LogP contribution in [0, 0.1) is 0 Å². The van der Waals surface area contributed by atoms with Gasteiger partial charge >= 0.3 is 5.97 Å². The summed E-state index contributed by atoms with van der Waals surface area (Å²) in [5.41, 5.74) is 2.66. The molecule has 0 amide bonds. The van der Waals surface area contributed by atoms with E-state index in [1.54, 1.807) is 29.6 Å². The summed E-state index contributed by atoms with van der Waals surface area (Å²) >= 11 is 1.29. The van der Waals surface area contributed by atoms with Crippen LogP contribution in [0.4, 0.5) is 0 Å². The molecule has 0 saturated carbocycles. The zero-order chi connectivity index (χ0) is 16.1. The Morgan fingerprint density at radius 2 is 1.52 bits per heavy atom. The Hall–Kier alpha value is -2.72. The van der Waals surface area contributed by atoms with Gasteiger partial charge in [-0.15, -0.1) is 11.3 Å². The van der Waals surface area contributed by atoms with E-state index < -0.39 is 5.97 Å². The molecule has 0 saturated heterocycles. The van der Waals surface area contributed by atoms with Crippen LogP contribution in [0.1, 0.15) is 20.0 Å². The van der Waals surface area contributed by atoms with Crippen molar-refractivity contribution in [3.8, 4) is 11.1 Å². The summed E-state index contributed by atoms with van der Waals surface area (Å²) in [7, 11) is 0. The lowest BCUT2D eigenvalue weighted by atomic mass is 10.0. The van der Waals surface area contributed by atoms with Gasteiger partial charge in [0.1, 0.15) is 4.88 Å². The van der Waals surface area contributed by atoms with Gasteiger partial charge in [-0.05, 0) is 22.6 Å². The Morgan fingerprint density at radius 1 is 0.826 bits per heavy atom. The van der Waals surface area contributed by atoms with Gasteiger partial charge in [-0.25, -0.2) is 4.79 Å². The molecular weight excluding hydrogens is 308 g/mol. The molecule has 0 aliphatic carbocycles. The highest BCUT2D eigenvalue weighted by Crippen LogP contribution is 2.19. The van der Waals surface area contributed by atoms with Crippen LogP contribution in [0.2, 0.25) is 0 Å². The third-order valence-corrected chi connectivity index (χ3v) is 4.22. The van der Waals surface area contributed by atoms with Crippen LogP contribution >= 0.6 is 11.3 Å². The van der Waals surface area contributed by atoms with Gasteiger partial charge in [0.15, 0.2) is 12.4 Å². The lowest BCUT2D eigenvalue weighted by Crippen LogP contribution is -2.13. The zero-order valence-electron chi connectivity index (χ0n) is 12.3. The second kappa shape index (κ2) is 7.03. The highest BCUT2D eigenvalue weighted by molar-refractivity contribution is 7.11. The first-order chi connectivity index (χ1) is 11.2. The first-order valence-corrected chi connectivity index (χ1v) is 8.01. The quantitative estimate of drug-likeness (QED) is 0.515. The van der Waals surface area contributed by atoms with Crippen LogP contribution in [0.15, 0.2) is 72.1 Å². The number of carbonyl (C=O) groups is 2. The summed E-state index contributed by atoms with van der Waals surface area (Å²) in [6.07, 6.45) is 0. The van der Waals surface area contributed by atoms with E-state index in [0.29, 0.717) is 10.4 Å². The van der Waals surface area contributed by atoms with E-state index in [1.165, 1.54) is 11.3 Å². The van der Waals surface area contributed by atoms with E-state index in [0.717, 1.165) is 11.1 Å². The summed E-state index contributed by atoms with van der Waals surface area (Å²) in [5, 5.41) is 1.79. The highest BCUT2D eigenvalue weighted by Gasteiger charge is 2.12. The van der Waals surface area contributed by atoms with Gasteiger partial charge in [0.25, 0.3) is 0 Å². The van der Waals surface area contributed by atoms with Crippen molar-refractivity contribution in [1.82, 2.24) is 0 Å². The minimum absolute atomic E-state index is 0.213. The molecule has 3 aromatic rings. The Balaban J connectivity index is 1.63. The van der Waals surface area contributed by atoms with Crippen molar-refractivity contribution in [2.24, 2.45) is 0 Å². The number of hydrogen-bond donors (Lipinski definition) is 0. The normalized spacial score (nSPS) is 10.3. The number of ether oxygens (including phenoxy) is 1. The minimum atomic E-state index is -0.464. The first kappa shape index (κ1) is 15.2. The van der Waals surface area contributed by atoms with E-state index in [9.17, 15) is 9.59 Å². The molecule has 1 heterocycles. The van der Waals surface area contributed by atoms with E-state index in [1.807, 2.05) is 42.5 Å². The maximum atomic E-state index is 12.1. The molecule has 0 spiro atoms. The zero-order valence-corrected chi connectivity index (χ0v) is 13.1. The molecule has 0 radical (unpaired) electrons. The number of esters is 1. The van der Waals surface area contributed by atoms with E-state index in [-0.39, 0.29) is 12.4 Å². The lowest BCUT2D eigenvalue weighted by Gasteiger charge is -2.05. The van der Waals surface area contributed by atoms with Crippen molar-refractivity contribution in [1.29, 1.82) is 0 Å². The van der Waals surface area contributed by atoms with Crippen molar-refractivity contribution in [3.63, 3.8) is 0 Å². The maximum Gasteiger partial charge on any atom is 0.348 e. The minimum Gasteiger partial charge on any atom is -0.453 e. The average Bonchev–Trinajstić information content (AvgIpc) is 3.15. The van der Waals surface area contributed by atoms with Crippen molar-refractivity contribution in [2.45, 2.75) is 0 Å². The molecule has 0 aliphatic rings. The smallest absolute Gasteiger partial charge is 0.348 e. The molecule has 3 rings (SSSR count). The third-order valence-electron chi connectivity index (χ3n) is 3.37. The second-order valence-corrected chi connectivity index (χ2v) is 5.87. The maximum absolute atomic E-state index is 12.1. The van der Waals surface area contributed by atoms with Crippen LogP contribution in [-0.4, -0.2) is 18.4 Å². The fraction of sp³-hybridized carbons (Fsp3) is 0.0526. The molecule has 0 fully saturated rings. The predicted octanol–water partition coefficient (Wildman–Crippen LogP) is 4.45. The van der Waals surface area contributed by atoms with E-state index >= 15 is 0 Å². The Labute approximate surface area is 138 Å². The number of benzene rings is 2. The summed E-state index contributed by atoms with van der Waals surface area (Å²) in [4.78, 5) is 24.3. The van der Waals surface area contributed by atoms with Gasteiger partial charge in [0.2, 0.25) is 0 Å². The average molecular weight is 322 g/mol. The van der Waals surface area contributed by atoms with Gasteiger partial charge < -0.3 is 4.74 Å². The first-order valence-electron chi connectivity index (χ1n) is 7.13. The van der Waals surface area contributed by atoms with Gasteiger partial charge in [-0.3, -0.25) is 4.79 Å². The predicted molar refractivity (Wildman–Crippen MR) is 90.8 cm³/mol. The molecule has 0 N–H and O–H groups in total. The molecule has 0 aliphatic heterocycles. The van der Waals surface area contributed by atoms with Crippen molar-refractivity contribution < 1.29 is 14.3 Å². The van der Waals surface area contributed by atoms with Crippen LogP contribution in [-0.2, 0) is 4.74 Å². The SMILES string of the molecule is O=C(COC(=O)c1cccs1)c1ccc(-c2ccccc2)cc1. The van der Waals surface area contributed by atoms with Gasteiger partial charge in [-0.1, -0.05) is 60.7 Å². The third kappa shape index (κ3) is 3.73. The highest BCUT2D eigenvalue weighted by atomic mass is 32.1. The topological polar surface area (TPSA) is 43.4 Å².